The Morgan fingerprint density at radius 3 is 2.72 bits per heavy atom. The lowest BCUT2D eigenvalue weighted by molar-refractivity contribution is 0.194. The molecule has 1 aliphatic rings. The Bertz CT molecular complexity index is 325. The quantitative estimate of drug-likeness (QED) is 0.779. The fourth-order valence-electron chi connectivity index (χ4n) is 3.05. The predicted octanol–water partition coefficient (Wildman–Crippen LogP) is 3.20. The highest BCUT2D eigenvalue weighted by molar-refractivity contribution is 5.21. The summed E-state index contributed by atoms with van der Waals surface area (Å²) in [7, 11) is 1.76. The van der Waals surface area contributed by atoms with Crippen LogP contribution >= 0.6 is 0 Å². The molecule has 2 heteroatoms. The second kappa shape index (κ2) is 7.55. The van der Waals surface area contributed by atoms with Crippen molar-refractivity contribution in [1.82, 2.24) is 5.32 Å². The molecular weight excluding hydrogens is 222 g/mol. The first-order valence-corrected chi connectivity index (χ1v) is 7.16. The van der Waals surface area contributed by atoms with Crippen LogP contribution in [0.1, 0.15) is 37.2 Å². The molecule has 2 atom stereocenters. The van der Waals surface area contributed by atoms with E-state index in [1.165, 1.54) is 31.2 Å². The molecule has 1 saturated carbocycles. The van der Waals surface area contributed by atoms with Gasteiger partial charge in [-0.3, -0.25) is 0 Å². The van der Waals surface area contributed by atoms with Crippen molar-refractivity contribution in [3.63, 3.8) is 0 Å². The minimum atomic E-state index is 0.745. The minimum Gasteiger partial charge on any atom is -0.383 e. The van der Waals surface area contributed by atoms with Gasteiger partial charge in [0.25, 0.3) is 0 Å². The molecule has 18 heavy (non-hydrogen) atoms. The number of rotatable bonds is 6. The van der Waals surface area contributed by atoms with Crippen molar-refractivity contribution in [2.75, 3.05) is 26.8 Å². The van der Waals surface area contributed by atoms with E-state index in [-0.39, 0.29) is 0 Å². The molecule has 0 amide bonds. The number of nitrogens with one attached hydrogen (secondary N) is 1. The maximum atomic E-state index is 5.08. The molecule has 0 bridgehead atoms. The molecule has 1 aromatic carbocycles. The molecular formula is C16H25NO. The van der Waals surface area contributed by atoms with Crippen molar-refractivity contribution in [3.05, 3.63) is 35.9 Å². The van der Waals surface area contributed by atoms with Gasteiger partial charge in [0, 0.05) is 13.7 Å². The number of benzene rings is 1. The van der Waals surface area contributed by atoms with Gasteiger partial charge >= 0.3 is 0 Å². The van der Waals surface area contributed by atoms with Crippen LogP contribution in [-0.4, -0.2) is 26.8 Å². The van der Waals surface area contributed by atoms with Crippen LogP contribution in [-0.2, 0) is 4.74 Å². The van der Waals surface area contributed by atoms with Crippen LogP contribution < -0.4 is 5.32 Å². The highest BCUT2D eigenvalue weighted by atomic mass is 16.5. The zero-order valence-electron chi connectivity index (χ0n) is 11.4. The van der Waals surface area contributed by atoms with Crippen molar-refractivity contribution in [2.24, 2.45) is 5.92 Å². The zero-order valence-corrected chi connectivity index (χ0v) is 11.4. The van der Waals surface area contributed by atoms with E-state index in [2.05, 4.69) is 35.6 Å². The topological polar surface area (TPSA) is 21.3 Å². The van der Waals surface area contributed by atoms with Crippen molar-refractivity contribution in [3.8, 4) is 0 Å². The van der Waals surface area contributed by atoms with Crippen LogP contribution in [0.5, 0.6) is 0 Å². The Labute approximate surface area is 111 Å². The predicted molar refractivity (Wildman–Crippen MR) is 75.9 cm³/mol. The first-order chi connectivity index (χ1) is 8.92. The molecule has 2 rings (SSSR count). The SMILES string of the molecule is COCCNCC1CCCCC1c1ccccc1. The molecule has 0 aromatic heterocycles. The highest BCUT2D eigenvalue weighted by Gasteiger charge is 2.25. The highest BCUT2D eigenvalue weighted by Crippen LogP contribution is 2.37. The van der Waals surface area contributed by atoms with Gasteiger partial charge in [-0.1, -0.05) is 43.2 Å². The van der Waals surface area contributed by atoms with Crippen LogP contribution in [0.2, 0.25) is 0 Å². The number of ether oxygens (including phenoxy) is 1. The van der Waals surface area contributed by atoms with E-state index >= 15 is 0 Å². The largest absolute Gasteiger partial charge is 0.383 e. The van der Waals surface area contributed by atoms with Crippen molar-refractivity contribution in [2.45, 2.75) is 31.6 Å². The van der Waals surface area contributed by atoms with Gasteiger partial charge in [0.1, 0.15) is 0 Å². The van der Waals surface area contributed by atoms with Gasteiger partial charge in [-0.2, -0.15) is 0 Å². The lowest BCUT2D eigenvalue weighted by atomic mass is 9.75. The summed E-state index contributed by atoms with van der Waals surface area (Å²) in [6.07, 6.45) is 5.48. The van der Waals surface area contributed by atoms with Gasteiger partial charge in [0.2, 0.25) is 0 Å². The minimum absolute atomic E-state index is 0.745. The van der Waals surface area contributed by atoms with E-state index in [0.717, 1.165) is 31.5 Å². The van der Waals surface area contributed by atoms with Crippen LogP contribution in [0.3, 0.4) is 0 Å². The monoisotopic (exact) mass is 247 g/mol. The van der Waals surface area contributed by atoms with Crippen molar-refractivity contribution >= 4 is 0 Å². The standard InChI is InChI=1S/C16H25NO/c1-18-12-11-17-13-15-9-5-6-10-16(15)14-7-3-2-4-8-14/h2-4,7-8,15-17H,5-6,9-13H2,1H3. The molecule has 2 nitrogen and oxygen atoms in total. The summed E-state index contributed by atoms with van der Waals surface area (Å²) in [6, 6.07) is 11.0. The van der Waals surface area contributed by atoms with Crippen LogP contribution in [0.4, 0.5) is 0 Å². The van der Waals surface area contributed by atoms with Gasteiger partial charge in [0.05, 0.1) is 6.61 Å². The normalized spacial score (nSPS) is 24.1. The van der Waals surface area contributed by atoms with Gasteiger partial charge in [-0.05, 0) is 36.8 Å². The zero-order chi connectivity index (χ0) is 12.6. The Kier molecular flexibility index (Phi) is 5.69. The van der Waals surface area contributed by atoms with E-state index in [1.807, 2.05) is 0 Å². The fourth-order valence-corrected chi connectivity index (χ4v) is 3.05. The molecule has 0 radical (unpaired) electrons. The average Bonchev–Trinajstić information content (AvgIpc) is 2.45. The number of hydrogen-bond acceptors (Lipinski definition) is 2. The maximum absolute atomic E-state index is 5.08. The Hall–Kier alpha value is -0.860. The Morgan fingerprint density at radius 1 is 1.17 bits per heavy atom. The average molecular weight is 247 g/mol. The molecule has 1 fully saturated rings. The first kappa shape index (κ1) is 13.6. The molecule has 0 aliphatic heterocycles. The molecule has 100 valence electrons. The molecule has 1 N–H and O–H groups in total. The summed E-state index contributed by atoms with van der Waals surface area (Å²) in [4.78, 5) is 0. The van der Waals surface area contributed by atoms with Gasteiger partial charge in [0.15, 0.2) is 0 Å². The lowest BCUT2D eigenvalue weighted by Gasteiger charge is -2.32. The molecule has 2 unspecified atom stereocenters. The van der Waals surface area contributed by atoms with E-state index in [0.29, 0.717) is 0 Å². The smallest absolute Gasteiger partial charge is 0.0587 e. The van der Waals surface area contributed by atoms with Crippen LogP contribution in [0.15, 0.2) is 30.3 Å². The lowest BCUT2D eigenvalue weighted by Crippen LogP contribution is -2.31. The third-order valence-electron chi connectivity index (χ3n) is 4.03. The first-order valence-electron chi connectivity index (χ1n) is 7.16. The van der Waals surface area contributed by atoms with Crippen molar-refractivity contribution < 1.29 is 4.74 Å². The summed E-state index contributed by atoms with van der Waals surface area (Å²) in [5, 5.41) is 3.53. The molecule has 0 heterocycles. The molecule has 0 saturated heterocycles. The van der Waals surface area contributed by atoms with Crippen LogP contribution in [0.25, 0.3) is 0 Å². The second-order valence-corrected chi connectivity index (χ2v) is 5.26. The summed E-state index contributed by atoms with van der Waals surface area (Å²) in [5.41, 5.74) is 1.52. The van der Waals surface area contributed by atoms with Gasteiger partial charge in [-0.15, -0.1) is 0 Å². The van der Waals surface area contributed by atoms with Crippen molar-refractivity contribution in [1.29, 1.82) is 0 Å². The number of methoxy groups -OCH3 is 1. The summed E-state index contributed by atoms with van der Waals surface area (Å²) in [5.74, 6) is 1.54. The van der Waals surface area contributed by atoms with Gasteiger partial charge < -0.3 is 10.1 Å². The summed E-state index contributed by atoms with van der Waals surface area (Å²) < 4.78 is 5.08. The second-order valence-electron chi connectivity index (χ2n) is 5.26. The van der Waals surface area contributed by atoms with E-state index in [1.54, 1.807) is 7.11 Å². The Morgan fingerprint density at radius 2 is 1.94 bits per heavy atom. The van der Waals surface area contributed by atoms with E-state index in [4.69, 9.17) is 4.74 Å². The van der Waals surface area contributed by atoms with E-state index < -0.39 is 0 Å². The molecule has 1 aliphatic carbocycles. The summed E-state index contributed by atoms with van der Waals surface area (Å²) >= 11 is 0. The third-order valence-corrected chi connectivity index (χ3v) is 4.03. The molecule has 1 aromatic rings. The molecule has 0 spiro atoms. The third kappa shape index (κ3) is 3.82. The Balaban J connectivity index is 1.90. The van der Waals surface area contributed by atoms with Crippen LogP contribution in [0, 0.1) is 5.92 Å². The number of hydrogen-bond donors (Lipinski definition) is 1. The summed E-state index contributed by atoms with van der Waals surface area (Å²) in [6.45, 7) is 2.90. The van der Waals surface area contributed by atoms with Gasteiger partial charge in [-0.25, -0.2) is 0 Å². The maximum Gasteiger partial charge on any atom is 0.0587 e. The fraction of sp³-hybridized carbons (Fsp3) is 0.625. The van der Waals surface area contributed by atoms with E-state index in [9.17, 15) is 0 Å².